The van der Waals surface area contributed by atoms with E-state index in [9.17, 15) is 14.4 Å². The highest BCUT2D eigenvalue weighted by Crippen LogP contribution is 2.14. The molecule has 1 fully saturated rings. The molecule has 0 saturated carbocycles. The van der Waals surface area contributed by atoms with E-state index >= 15 is 0 Å². The van der Waals surface area contributed by atoms with Gasteiger partial charge in [-0.15, -0.1) is 0 Å². The van der Waals surface area contributed by atoms with Crippen LogP contribution in [0.25, 0.3) is 0 Å². The summed E-state index contributed by atoms with van der Waals surface area (Å²) in [7, 11) is 0. The lowest BCUT2D eigenvalue weighted by Crippen LogP contribution is -2.35. The van der Waals surface area contributed by atoms with Gasteiger partial charge in [-0.05, 0) is 56.6 Å². The van der Waals surface area contributed by atoms with Gasteiger partial charge in [-0.25, -0.2) is 4.98 Å². The van der Waals surface area contributed by atoms with Gasteiger partial charge in [0.25, 0.3) is 11.5 Å². The van der Waals surface area contributed by atoms with E-state index in [1.54, 1.807) is 6.92 Å². The molecule has 2 heterocycles. The van der Waals surface area contributed by atoms with Crippen molar-refractivity contribution < 1.29 is 9.59 Å². The maximum Gasteiger partial charge on any atom is 0.254 e. The molecule has 0 bridgehead atoms. The Morgan fingerprint density at radius 1 is 1.17 bits per heavy atom. The summed E-state index contributed by atoms with van der Waals surface area (Å²) < 4.78 is 0. The third kappa shape index (κ3) is 5.72. The molecule has 30 heavy (non-hydrogen) atoms. The Morgan fingerprint density at radius 3 is 2.50 bits per heavy atom. The van der Waals surface area contributed by atoms with E-state index in [0.29, 0.717) is 34.9 Å². The van der Waals surface area contributed by atoms with Crippen LogP contribution in [-0.2, 0) is 17.8 Å². The van der Waals surface area contributed by atoms with Gasteiger partial charge in [0.15, 0.2) is 5.16 Å². The largest absolute Gasteiger partial charge is 0.352 e. The summed E-state index contributed by atoms with van der Waals surface area (Å²) in [6, 6.07) is 7.38. The maximum atomic E-state index is 12.5. The number of hydrogen-bond acceptors (Lipinski definition) is 5. The minimum atomic E-state index is -0.186. The number of likely N-dealkylation sites (tertiary alicyclic amines) is 1. The van der Waals surface area contributed by atoms with E-state index < -0.39 is 0 Å². The number of thioether (sulfide) groups is 1. The maximum absolute atomic E-state index is 12.5. The summed E-state index contributed by atoms with van der Waals surface area (Å²) in [6.45, 7) is 3.83. The van der Waals surface area contributed by atoms with Crippen LogP contribution in [0.2, 0.25) is 0 Å². The lowest BCUT2D eigenvalue weighted by molar-refractivity contribution is -0.121. The van der Waals surface area contributed by atoms with Gasteiger partial charge in [0.2, 0.25) is 5.91 Å². The highest BCUT2D eigenvalue weighted by Gasteiger charge is 2.18. The number of rotatable bonds is 7. The number of hydrogen-bond donors (Lipinski definition) is 2. The molecule has 1 aromatic carbocycles. The molecule has 2 amide bonds. The topological polar surface area (TPSA) is 95.2 Å². The SMILES string of the molecule is CSc1nc(C)c(CCC(=O)NCc2ccc(C(=O)N3CCCCC3)cc2)c(=O)[nH]1. The molecule has 7 nitrogen and oxygen atoms in total. The first-order chi connectivity index (χ1) is 14.5. The van der Waals surface area contributed by atoms with Crippen molar-refractivity contribution in [1.29, 1.82) is 0 Å². The Hall–Kier alpha value is -2.61. The number of aromatic amines is 1. The van der Waals surface area contributed by atoms with Gasteiger partial charge in [0, 0.05) is 42.9 Å². The molecule has 0 radical (unpaired) electrons. The molecular formula is C22H28N4O3S. The van der Waals surface area contributed by atoms with Crippen LogP contribution >= 0.6 is 11.8 Å². The highest BCUT2D eigenvalue weighted by molar-refractivity contribution is 7.98. The molecule has 8 heteroatoms. The fourth-order valence-electron chi connectivity index (χ4n) is 3.55. The van der Waals surface area contributed by atoms with E-state index in [1.165, 1.54) is 18.2 Å². The summed E-state index contributed by atoms with van der Waals surface area (Å²) in [5.74, 6) is -0.0526. The van der Waals surface area contributed by atoms with Crippen molar-refractivity contribution >= 4 is 23.6 Å². The van der Waals surface area contributed by atoms with Crippen LogP contribution in [0.3, 0.4) is 0 Å². The summed E-state index contributed by atoms with van der Waals surface area (Å²) in [4.78, 5) is 45.8. The number of amides is 2. The van der Waals surface area contributed by atoms with Gasteiger partial charge in [-0.3, -0.25) is 14.4 Å². The monoisotopic (exact) mass is 428 g/mol. The summed E-state index contributed by atoms with van der Waals surface area (Å²) in [5.41, 5.74) is 2.63. The molecule has 2 N–H and O–H groups in total. The summed E-state index contributed by atoms with van der Waals surface area (Å²) >= 11 is 1.38. The molecule has 1 aliphatic rings. The molecule has 0 spiro atoms. The lowest BCUT2D eigenvalue weighted by atomic mass is 10.1. The van der Waals surface area contributed by atoms with Crippen molar-refractivity contribution in [3.8, 4) is 0 Å². The van der Waals surface area contributed by atoms with Crippen molar-refractivity contribution in [2.45, 2.75) is 50.7 Å². The Bertz CT molecular complexity index is 950. The van der Waals surface area contributed by atoms with Gasteiger partial charge in [0.05, 0.1) is 0 Å². The van der Waals surface area contributed by atoms with E-state index in [0.717, 1.165) is 31.5 Å². The van der Waals surface area contributed by atoms with E-state index in [1.807, 2.05) is 35.4 Å². The number of aryl methyl sites for hydroxylation is 1. The van der Waals surface area contributed by atoms with E-state index in [-0.39, 0.29) is 23.8 Å². The molecular weight excluding hydrogens is 400 g/mol. The Labute approximate surface area is 180 Å². The van der Waals surface area contributed by atoms with Crippen LogP contribution in [0.4, 0.5) is 0 Å². The minimum absolute atomic E-state index is 0.0759. The molecule has 3 rings (SSSR count). The van der Waals surface area contributed by atoms with E-state index in [2.05, 4.69) is 15.3 Å². The van der Waals surface area contributed by atoms with Gasteiger partial charge < -0.3 is 15.2 Å². The Morgan fingerprint density at radius 2 is 1.87 bits per heavy atom. The molecule has 0 atom stereocenters. The summed E-state index contributed by atoms with van der Waals surface area (Å²) in [5, 5.41) is 3.45. The van der Waals surface area contributed by atoms with Crippen molar-refractivity contribution in [3.63, 3.8) is 0 Å². The third-order valence-electron chi connectivity index (χ3n) is 5.33. The lowest BCUT2D eigenvalue weighted by Gasteiger charge is -2.26. The number of nitrogens with zero attached hydrogens (tertiary/aromatic N) is 2. The average Bonchev–Trinajstić information content (AvgIpc) is 2.77. The molecule has 1 aliphatic heterocycles. The molecule has 1 saturated heterocycles. The second kappa shape index (κ2) is 10.4. The predicted molar refractivity (Wildman–Crippen MR) is 118 cm³/mol. The zero-order valence-electron chi connectivity index (χ0n) is 17.5. The average molecular weight is 429 g/mol. The molecule has 0 aliphatic carbocycles. The number of nitrogens with one attached hydrogen (secondary N) is 2. The van der Waals surface area contributed by atoms with Crippen LogP contribution in [0, 0.1) is 6.92 Å². The van der Waals surface area contributed by atoms with Crippen LogP contribution in [-0.4, -0.2) is 46.0 Å². The molecule has 1 aromatic heterocycles. The number of piperidine rings is 1. The van der Waals surface area contributed by atoms with Crippen molar-refractivity contribution in [1.82, 2.24) is 20.2 Å². The van der Waals surface area contributed by atoms with Crippen LogP contribution in [0.15, 0.2) is 34.2 Å². The van der Waals surface area contributed by atoms with Gasteiger partial charge in [0.1, 0.15) is 0 Å². The van der Waals surface area contributed by atoms with Crippen molar-refractivity contribution in [2.75, 3.05) is 19.3 Å². The number of carbonyl (C=O) groups excluding carboxylic acids is 2. The van der Waals surface area contributed by atoms with Crippen LogP contribution in [0.5, 0.6) is 0 Å². The zero-order chi connectivity index (χ0) is 21.5. The molecule has 0 unspecified atom stereocenters. The van der Waals surface area contributed by atoms with Gasteiger partial charge in [-0.1, -0.05) is 23.9 Å². The third-order valence-corrected chi connectivity index (χ3v) is 5.91. The highest BCUT2D eigenvalue weighted by atomic mass is 32.2. The predicted octanol–water partition coefficient (Wildman–Crippen LogP) is 2.68. The Balaban J connectivity index is 1.49. The van der Waals surface area contributed by atoms with Crippen LogP contribution in [0.1, 0.15) is 52.9 Å². The second-order valence-corrected chi connectivity index (χ2v) is 8.26. The first-order valence-corrected chi connectivity index (χ1v) is 11.5. The zero-order valence-corrected chi connectivity index (χ0v) is 18.3. The quantitative estimate of drug-likeness (QED) is 0.522. The number of benzene rings is 1. The molecule has 2 aromatic rings. The first-order valence-electron chi connectivity index (χ1n) is 10.3. The first kappa shape index (κ1) is 22.1. The van der Waals surface area contributed by atoms with E-state index in [4.69, 9.17) is 0 Å². The van der Waals surface area contributed by atoms with Gasteiger partial charge >= 0.3 is 0 Å². The Kier molecular flexibility index (Phi) is 7.68. The normalized spacial score (nSPS) is 13.9. The van der Waals surface area contributed by atoms with Gasteiger partial charge in [-0.2, -0.15) is 0 Å². The number of H-pyrrole nitrogens is 1. The second-order valence-electron chi connectivity index (χ2n) is 7.47. The fourth-order valence-corrected chi connectivity index (χ4v) is 3.97. The molecule has 160 valence electrons. The van der Waals surface area contributed by atoms with Crippen molar-refractivity contribution in [3.05, 3.63) is 57.0 Å². The van der Waals surface area contributed by atoms with Crippen molar-refractivity contribution in [2.24, 2.45) is 0 Å². The van der Waals surface area contributed by atoms with Crippen LogP contribution < -0.4 is 10.9 Å². The number of aromatic nitrogens is 2. The summed E-state index contributed by atoms with van der Waals surface area (Å²) in [6.07, 6.45) is 5.74. The smallest absolute Gasteiger partial charge is 0.254 e. The fraction of sp³-hybridized carbons (Fsp3) is 0.455. The number of carbonyl (C=O) groups is 2. The standard InChI is InChI=1S/C22H28N4O3S/c1-15-18(20(28)25-22(24-15)30-2)10-11-19(27)23-14-16-6-8-17(9-7-16)21(29)26-12-4-3-5-13-26/h6-9H,3-5,10-14H2,1-2H3,(H,23,27)(H,24,25,28). The minimum Gasteiger partial charge on any atom is -0.352 e.